The maximum absolute atomic E-state index is 9.30. The number of fused-ring (bicyclic) bond motifs is 1. The lowest BCUT2D eigenvalue weighted by molar-refractivity contribution is 0.00496. The Kier molecular flexibility index (Phi) is 5.08. The predicted molar refractivity (Wildman–Crippen MR) is 102 cm³/mol. The molecule has 0 amide bonds. The fraction of sp³-hybridized carbons (Fsp3) is 0.368. The van der Waals surface area contributed by atoms with E-state index >= 15 is 0 Å². The second-order valence-corrected chi connectivity index (χ2v) is 6.55. The van der Waals surface area contributed by atoms with Crippen LogP contribution in [0, 0.1) is 0 Å². The van der Waals surface area contributed by atoms with Gasteiger partial charge in [0.25, 0.3) is 5.78 Å². The second-order valence-electron chi connectivity index (χ2n) is 6.55. The topological polar surface area (TPSA) is 88.1 Å². The van der Waals surface area contributed by atoms with Gasteiger partial charge in [-0.2, -0.15) is 9.50 Å². The molecule has 2 aromatic heterocycles. The molecular formula is C19H22N6O2. The van der Waals surface area contributed by atoms with Crippen LogP contribution in [0.4, 0.5) is 5.82 Å². The summed E-state index contributed by atoms with van der Waals surface area (Å²) in [6, 6.07) is 11.9. The Morgan fingerprint density at radius 2 is 2.11 bits per heavy atom. The summed E-state index contributed by atoms with van der Waals surface area (Å²) >= 11 is 0. The fourth-order valence-electron chi connectivity index (χ4n) is 2.88. The highest BCUT2D eigenvalue weighted by atomic mass is 16.5. The first-order valence-corrected chi connectivity index (χ1v) is 8.96. The highest BCUT2D eigenvalue weighted by molar-refractivity contribution is 5.79. The Labute approximate surface area is 157 Å². The third-order valence-electron chi connectivity index (χ3n) is 4.49. The number of aliphatic hydroxyl groups excluding tert-OH is 1. The maximum atomic E-state index is 9.30. The molecule has 1 fully saturated rings. The average molecular weight is 366 g/mol. The van der Waals surface area contributed by atoms with E-state index in [1.54, 1.807) is 4.52 Å². The van der Waals surface area contributed by atoms with Crippen molar-refractivity contribution in [2.45, 2.75) is 12.5 Å². The maximum Gasteiger partial charge on any atom is 0.254 e. The van der Waals surface area contributed by atoms with Crippen LogP contribution in [0.2, 0.25) is 0 Å². The number of aliphatic imine (C=N–C) groups is 1. The van der Waals surface area contributed by atoms with Crippen LogP contribution in [-0.2, 0) is 11.3 Å². The standard InChI is InChI=1S/C19H22N6O2/c1-24(7-8-26)17-9-16(11-20-10-14-5-3-2-4-6-14)21-19-22-18(23-25(17)19)15-12-27-13-15/h2-6,9-10,15,26H,7-8,11-13H2,1H3. The number of anilines is 1. The Morgan fingerprint density at radius 1 is 1.30 bits per heavy atom. The third-order valence-corrected chi connectivity index (χ3v) is 4.49. The molecule has 4 rings (SSSR count). The molecule has 0 radical (unpaired) electrons. The highest BCUT2D eigenvalue weighted by Crippen LogP contribution is 2.23. The van der Waals surface area contributed by atoms with E-state index in [-0.39, 0.29) is 12.5 Å². The van der Waals surface area contributed by atoms with Crippen LogP contribution in [-0.4, -0.2) is 64.3 Å². The van der Waals surface area contributed by atoms with Gasteiger partial charge >= 0.3 is 0 Å². The summed E-state index contributed by atoms with van der Waals surface area (Å²) in [5, 5.41) is 13.9. The number of benzene rings is 1. The zero-order valence-electron chi connectivity index (χ0n) is 15.2. The molecule has 8 nitrogen and oxygen atoms in total. The van der Waals surface area contributed by atoms with Crippen molar-refractivity contribution in [2.75, 3.05) is 38.3 Å². The lowest BCUT2D eigenvalue weighted by atomic mass is 10.1. The van der Waals surface area contributed by atoms with Crippen molar-refractivity contribution in [3.8, 4) is 0 Å². The van der Waals surface area contributed by atoms with Crippen LogP contribution in [0.5, 0.6) is 0 Å². The number of likely N-dealkylation sites (N-methyl/N-ethyl adjacent to an activating group) is 1. The van der Waals surface area contributed by atoms with Gasteiger partial charge in [0, 0.05) is 25.9 Å². The number of rotatable bonds is 7. The molecule has 1 aliphatic rings. The van der Waals surface area contributed by atoms with Gasteiger partial charge in [0.15, 0.2) is 5.82 Å². The van der Waals surface area contributed by atoms with E-state index in [0.717, 1.165) is 22.9 Å². The molecule has 3 heterocycles. The Bertz CT molecular complexity index is 936. The minimum Gasteiger partial charge on any atom is -0.395 e. The molecule has 0 spiro atoms. The van der Waals surface area contributed by atoms with Crippen LogP contribution in [0.3, 0.4) is 0 Å². The molecule has 140 valence electrons. The molecule has 8 heteroatoms. The zero-order chi connectivity index (χ0) is 18.6. The van der Waals surface area contributed by atoms with Gasteiger partial charge in [0.05, 0.1) is 38.0 Å². The van der Waals surface area contributed by atoms with Gasteiger partial charge in [-0.1, -0.05) is 30.3 Å². The predicted octanol–water partition coefficient (Wildman–Crippen LogP) is 1.29. The molecule has 1 aliphatic heterocycles. The molecule has 1 aromatic carbocycles. The van der Waals surface area contributed by atoms with Crippen LogP contribution < -0.4 is 4.90 Å². The highest BCUT2D eigenvalue weighted by Gasteiger charge is 2.26. The van der Waals surface area contributed by atoms with Gasteiger partial charge in [0.2, 0.25) is 0 Å². The molecule has 0 bridgehead atoms. The number of hydrogen-bond donors (Lipinski definition) is 1. The minimum atomic E-state index is 0.0554. The van der Waals surface area contributed by atoms with Gasteiger partial charge in [-0.3, -0.25) is 4.99 Å². The van der Waals surface area contributed by atoms with Gasteiger partial charge in [0.1, 0.15) is 5.82 Å². The largest absolute Gasteiger partial charge is 0.395 e. The van der Waals surface area contributed by atoms with Crippen molar-refractivity contribution >= 4 is 17.8 Å². The van der Waals surface area contributed by atoms with E-state index in [1.807, 2.05) is 54.6 Å². The Hall–Kier alpha value is -2.84. The van der Waals surface area contributed by atoms with Crippen LogP contribution >= 0.6 is 0 Å². The minimum absolute atomic E-state index is 0.0554. The summed E-state index contributed by atoms with van der Waals surface area (Å²) in [5.41, 5.74) is 1.85. The number of ether oxygens (including phenoxy) is 1. The molecule has 3 aromatic rings. The molecule has 27 heavy (non-hydrogen) atoms. The first kappa shape index (κ1) is 17.6. The normalized spacial score (nSPS) is 14.7. The van der Waals surface area contributed by atoms with Crippen molar-refractivity contribution in [1.29, 1.82) is 0 Å². The lowest BCUT2D eigenvalue weighted by Gasteiger charge is -2.22. The third kappa shape index (κ3) is 3.81. The Morgan fingerprint density at radius 3 is 2.81 bits per heavy atom. The van der Waals surface area contributed by atoms with E-state index in [1.165, 1.54) is 0 Å². The first-order chi connectivity index (χ1) is 13.2. The van der Waals surface area contributed by atoms with E-state index < -0.39 is 0 Å². The quantitative estimate of drug-likeness (QED) is 0.634. The number of hydrogen-bond acceptors (Lipinski definition) is 7. The second kappa shape index (κ2) is 7.81. The first-order valence-electron chi connectivity index (χ1n) is 8.96. The molecule has 1 saturated heterocycles. The van der Waals surface area contributed by atoms with Gasteiger partial charge in [-0.15, -0.1) is 5.10 Å². The molecule has 0 aliphatic carbocycles. The van der Waals surface area contributed by atoms with E-state index in [0.29, 0.717) is 32.1 Å². The van der Waals surface area contributed by atoms with E-state index in [9.17, 15) is 5.11 Å². The summed E-state index contributed by atoms with van der Waals surface area (Å²) in [6.45, 7) is 2.29. The summed E-state index contributed by atoms with van der Waals surface area (Å²) in [5.74, 6) is 2.35. The van der Waals surface area contributed by atoms with Crippen molar-refractivity contribution in [2.24, 2.45) is 4.99 Å². The molecule has 1 N–H and O–H groups in total. The molecule has 0 atom stereocenters. The van der Waals surface area contributed by atoms with Gasteiger partial charge in [-0.25, -0.2) is 4.98 Å². The Balaban J connectivity index is 1.64. The summed E-state index contributed by atoms with van der Waals surface area (Å²) < 4.78 is 6.98. The van der Waals surface area contributed by atoms with Crippen molar-refractivity contribution < 1.29 is 9.84 Å². The summed E-state index contributed by atoms with van der Waals surface area (Å²) in [7, 11) is 1.91. The SMILES string of the molecule is CN(CCO)c1cc(CN=Cc2ccccc2)nc2nc(C3COC3)nn12. The summed E-state index contributed by atoms with van der Waals surface area (Å²) in [4.78, 5) is 15.6. The smallest absolute Gasteiger partial charge is 0.254 e. The fourth-order valence-corrected chi connectivity index (χ4v) is 2.88. The van der Waals surface area contributed by atoms with Crippen LogP contribution in [0.1, 0.15) is 23.0 Å². The van der Waals surface area contributed by atoms with Gasteiger partial charge < -0.3 is 14.7 Å². The van der Waals surface area contributed by atoms with Crippen molar-refractivity contribution in [3.63, 3.8) is 0 Å². The van der Waals surface area contributed by atoms with Gasteiger partial charge in [-0.05, 0) is 5.56 Å². The average Bonchev–Trinajstić information content (AvgIpc) is 3.03. The number of aromatic nitrogens is 4. The van der Waals surface area contributed by atoms with Crippen LogP contribution in [0.15, 0.2) is 41.4 Å². The van der Waals surface area contributed by atoms with Crippen molar-refractivity contribution in [3.05, 3.63) is 53.5 Å². The number of aliphatic hydroxyl groups is 1. The molecule has 0 unspecified atom stereocenters. The monoisotopic (exact) mass is 366 g/mol. The van der Waals surface area contributed by atoms with Crippen molar-refractivity contribution in [1.82, 2.24) is 19.6 Å². The van der Waals surface area contributed by atoms with E-state index in [2.05, 4.69) is 20.1 Å². The van der Waals surface area contributed by atoms with Crippen LogP contribution in [0.25, 0.3) is 5.78 Å². The number of nitrogens with zero attached hydrogens (tertiary/aromatic N) is 6. The summed E-state index contributed by atoms with van der Waals surface area (Å²) in [6.07, 6.45) is 1.84. The van der Waals surface area contributed by atoms with E-state index in [4.69, 9.17) is 4.74 Å². The zero-order valence-corrected chi connectivity index (χ0v) is 15.2. The lowest BCUT2D eigenvalue weighted by Crippen LogP contribution is -2.26. The molecule has 0 saturated carbocycles. The molecular weight excluding hydrogens is 344 g/mol.